The highest BCUT2D eigenvalue weighted by molar-refractivity contribution is 7.94. The van der Waals surface area contributed by atoms with Crippen LogP contribution in [0.1, 0.15) is 6.42 Å². The van der Waals surface area contributed by atoms with E-state index in [1.165, 1.54) is 18.5 Å². The van der Waals surface area contributed by atoms with Crippen LogP contribution in [0.5, 0.6) is 0 Å². The molecule has 2 nitrogen and oxygen atoms in total. The van der Waals surface area contributed by atoms with E-state index in [0.29, 0.717) is 0 Å². The Morgan fingerprint density at radius 2 is 2.11 bits per heavy atom. The zero-order chi connectivity index (χ0) is 7.11. The van der Waals surface area contributed by atoms with Gasteiger partial charge in [0.15, 0.2) is 0 Å². The van der Waals surface area contributed by atoms with Crippen molar-refractivity contribution >= 4 is 12.0 Å². The number of hydrogen-bond donors (Lipinski definition) is 0. The minimum absolute atomic E-state index is 1.09. The molecule has 0 saturated heterocycles. The van der Waals surface area contributed by atoms with Crippen LogP contribution < -0.4 is 0 Å². The number of rotatable bonds is 5. The van der Waals surface area contributed by atoms with Gasteiger partial charge in [-0.15, -0.1) is 0 Å². The van der Waals surface area contributed by atoms with Gasteiger partial charge < -0.3 is 9.08 Å². The molecule has 0 aromatic carbocycles. The molecule has 0 aromatic heterocycles. The Hall–Kier alpha value is 0.270. The lowest BCUT2D eigenvalue weighted by Crippen LogP contribution is -2.13. The van der Waals surface area contributed by atoms with E-state index in [2.05, 4.69) is 19.0 Å². The fraction of sp³-hybridized carbons (Fsp3) is 1.00. The third-order valence-electron chi connectivity index (χ3n) is 0.951. The van der Waals surface area contributed by atoms with Gasteiger partial charge in [-0.1, -0.05) is 0 Å². The maximum atomic E-state index is 4.82. The van der Waals surface area contributed by atoms with Crippen molar-refractivity contribution in [2.75, 3.05) is 33.5 Å². The van der Waals surface area contributed by atoms with Crippen molar-refractivity contribution in [1.82, 2.24) is 4.90 Å². The van der Waals surface area contributed by atoms with Gasteiger partial charge in [0.1, 0.15) is 0 Å². The highest BCUT2D eigenvalue weighted by Gasteiger charge is 1.89. The average molecular weight is 149 g/mol. The van der Waals surface area contributed by atoms with Crippen LogP contribution in [0.2, 0.25) is 0 Å². The molecule has 0 saturated carbocycles. The van der Waals surface area contributed by atoms with Gasteiger partial charge in [0.2, 0.25) is 0 Å². The maximum absolute atomic E-state index is 4.82. The largest absolute Gasteiger partial charge is 0.319 e. The molecule has 0 unspecified atom stereocenters. The second-order valence-electron chi connectivity index (χ2n) is 2.15. The van der Waals surface area contributed by atoms with Gasteiger partial charge in [-0.05, 0) is 39.1 Å². The van der Waals surface area contributed by atoms with Crippen LogP contribution in [-0.2, 0) is 4.18 Å². The Balaban J connectivity index is 2.75. The Bertz CT molecular complexity index is 59.0. The summed E-state index contributed by atoms with van der Waals surface area (Å²) in [5.74, 6) is 1.09. The minimum atomic E-state index is 1.09. The Morgan fingerprint density at radius 1 is 1.44 bits per heavy atom. The lowest BCUT2D eigenvalue weighted by atomic mass is 10.5. The fourth-order valence-electron chi connectivity index (χ4n) is 0.523. The third-order valence-corrected chi connectivity index (χ3v) is 1.64. The summed E-state index contributed by atoms with van der Waals surface area (Å²) >= 11 is 1.52. The van der Waals surface area contributed by atoms with E-state index in [1.807, 2.05) is 0 Å². The van der Waals surface area contributed by atoms with Crippen molar-refractivity contribution in [2.24, 2.45) is 0 Å². The Kier molecular flexibility index (Phi) is 6.58. The molecule has 0 aliphatic heterocycles. The SMILES string of the molecule is COSCCCN(C)C. The van der Waals surface area contributed by atoms with Gasteiger partial charge in [-0.25, -0.2) is 0 Å². The predicted molar refractivity (Wildman–Crippen MR) is 42.6 cm³/mol. The van der Waals surface area contributed by atoms with Crippen molar-refractivity contribution < 1.29 is 4.18 Å². The second-order valence-corrected chi connectivity index (χ2v) is 3.12. The average Bonchev–Trinajstić information content (AvgIpc) is 1.80. The predicted octanol–water partition coefficient (Wildman–Crippen LogP) is 1.23. The first-order valence-electron chi connectivity index (χ1n) is 3.07. The summed E-state index contributed by atoms with van der Waals surface area (Å²) in [5.41, 5.74) is 0. The molecule has 0 aliphatic rings. The van der Waals surface area contributed by atoms with E-state index in [0.717, 1.165) is 12.3 Å². The molecule has 0 aliphatic carbocycles. The van der Waals surface area contributed by atoms with Crippen molar-refractivity contribution in [3.8, 4) is 0 Å². The summed E-state index contributed by atoms with van der Waals surface area (Å²) in [4.78, 5) is 2.18. The normalized spacial score (nSPS) is 10.7. The van der Waals surface area contributed by atoms with Gasteiger partial charge in [-0.2, -0.15) is 0 Å². The highest BCUT2D eigenvalue weighted by Crippen LogP contribution is 2.00. The van der Waals surface area contributed by atoms with E-state index in [4.69, 9.17) is 4.18 Å². The van der Waals surface area contributed by atoms with Crippen LogP contribution >= 0.6 is 12.0 Å². The van der Waals surface area contributed by atoms with Crippen LogP contribution in [0.15, 0.2) is 0 Å². The molecular weight excluding hydrogens is 134 g/mol. The summed E-state index contributed by atoms with van der Waals surface area (Å²) in [6.07, 6.45) is 1.20. The lowest BCUT2D eigenvalue weighted by Gasteiger charge is -2.07. The topological polar surface area (TPSA) is 12.5 Å². The van der Waals surface area contributed by atoms with Gasteiger partial charge in [0.05, 0.1) is 7.11 Å². The summed E-state index contributed by atoms with van der Waals surface area (Å²) in [6, 6.07) is 0. The molecule has 0 bridgehead atoms. The zero-order valence-corrected chi connectivity index (χ0v) is 7.20. The van der Waals surface area contributed by atoms with E-state index >= 15 is 0 Å². The van der Waals surface area contributed by atoms with Crippen molar-refractivity contribution in [1.29, 1.82) is 0 Å². The van der Waals surface area contributed by atoms with Crippen LogP contribution in [0.3, 0.4) is 0 Å². The first-order valence-corrected chi connectivity index (χ1v) is 3.98. The van der Waals surface area contributed by atoms with E-state index < -0.39 is 0 Å². The van der Waals surface area contributed by atoms with Crippen LogP contribution in [0.4, 0.5) is 0 Å². The second kappa shape index (κ2) is 6.39. The highest BCUT2D eigenvalue weighted by atomic mass is 32.2. The van der Waals surface area contributed by atoms with Crippen molar-refractivity contribution in [2.45, 2.75) is 6.42 Å². The molecule has 0 amide bonds. The quantitative estimate of drug-likeness (QED) is 0.431. The van der Waals surface area contributed by atoms with Crippen molar-refractivity contribution in [3.63, 3.8) is 0 Å². The third kappa shape index (κ3) is 8.27. The zero-order valence-electron chi connectivity index (χ0n) is 6.39. The molecule has 0 N–H and O–H groups in total. The molecule has 0 spiro atoms. The van der Waals surface area contributed by atoms with E-state index in [9.17, 15) is 0 Å². The van der Waals surface area contributed by atoms with Gasteiger partial charge >= 0.3 is 0 Å². The first-order chi connectivity index (χ1) is 4.27. The Labute approximate surface area is 61.8 Å². The minimum Gasteiger partial charge on any atom is -0.319 e. The first kappa shape index (κ1) is 9.27. The summed E-state index contributed by atoms with van der Waals surface area (Å²) < 4.78 is 4.82. The van der Waals surface area contributed by atoms with Crippen LogP contribution in [-0.4, -0.2) is 38.4 Å². The summed E-state index contributed by atoms with van der Waals surface area (Å²) in [6.45, 7) is 1.15. The standard InChI is InChI=1S/C6H15NOS/c1-7(2)5-4-6-9-8-3/h4-6H2,1-3H3. The Morgan fingerprint density at radius 3 is 2.56 bits per heavy atom. The molecule has 9 heavy (non-hydrogen) atoms. The molecule has 0 radical (unpaired) electrons. The van der Waals surface area contributed by atoms with E-state index in [1.54, 1.807) is 7.11 Å². The molecule has 0 rings (SSSR count). The maximum Gasteiger partial charge on any atom is 0.0503 e. The van der Waals surface area contributed by atoms with E-state index in [-0.39, 0.29) is 0 Å². The molecule has 56 valence electrons. The van der Waals surface area contributed by atoms with Crippen LogP contribution in [0, 0.1) is 0 Å². The molecule has 0 fully saturated rings. The van der Waals surface area contributed by atoms with Crippen LogP contribution in [0.25, 0.3) is 0 Å². The lowest BCUT2D eigenvalue weighted by molar-refractivity contribution is 0.407. The summed E-state index contributed by atoms with van der Waals surface area (Å²) in [5, 5.41) is 0. The molecule has 0 atom stereocenters. The van der Waals surface area contributed by atoms with Gasteiger partial charge in [0.25, 0.3) is 0 Å². The fourth-order valence-corrected chi connectivity index (χ4v) is 0.937. The van der Waals surface area contributed by atoms with Gasteiger partial charge in [0, 0.05) is 5.75 Å². The number of nitrogens with zero attached hydrogens (tertiary/aromatic N) is 1. The number of hydrogen-bond acceptors (Lipinski definition) is 3. The van der Waals surface area contributed by atoms with Gasteiger partial charge in [-0.3, -0.25) is 0 Å². The molecular formula is C6H15NOS. The molecule has 0 heterocycles. The van der Waals surface area contributed by atoms with Crippen molar-refractivity contribution in [3.05, 3.63) is 0 Å². The molecule has 0 aromatic rings. The molecule has 3 heteroatoms. The smallest absolute Gasteiger partial charge is 0.0503 e. The summed E-state index contributed by atoms with van der Waals surface area (Å²) in [7, 11) is 5.87. The monoisotopic (exact) mass is 149 g/mol.